The SMILES string of the molecule is CCN(CC)C(=O)CN(c1ccc(OC)c(OC)c1)S(=O)(=O)c1ccc(C)cc1. The van der Waals surface area contributed by atoms with Crippen molar-refractivity contribution in [2.24, 2.45) is 0 Å². The third-order valence-electron chi connectivity index (χ3n) is 4.66. The number of carbonyl (C=O) groups is 1. The van der Waals surface area contributed by atoms with Crippen molar-refractivity contribution in [2.45, 2.75) is 25.7 Å². The van der Waals surface area contributed by atoms with Gasteiger partial charge in [-0.05, 0) is 45.0 Å². The number of likely N-dealkylation sites (N-methyl/N-ethyl adjacent to an activating group) is 1. The van der Waals surface area contributed by atoms with Crippen LogP contribution in [0.25, 0.3) is 0 Å². The second-order valence-electron chi connectivity index (χ2n) is 6.43. The molecule has 1 amide bonds. The van der Waals surface area contributed by atoms with E-state index in [4.69, 9.17) is 9.47 Å². The monoisotopic (exact) mass is 420 g/mol. The Morgan fingerprint density at radius 3 is 2.03 bits per heavy atom. The molecule has 7 nitrogen and oxygen atoms in total. The minimum atomic E-state index is -3.97. The number of hydrogen-bond donors (Lipinski definition) is 0. The Hall–Kier alpha value is -2.74. The van der Waals surface area contributed by atoms with E-state index in [1.807, 2.05) is 20.8 Å². The number of sulfonamides is 1. The largest absolute Gasteiger partial charge is 0.493 e. The summed E-state index contributed by atoms with van der Waals surface area (Å²) in [6.07, 6.45) is 0. The average molecular weight is 421 g/mol. The maximum absolute atomic E-state index is 13.4. The van der Waals surface area contributed by atoms with Crippen LogP contribution >= 0.6 is 0 Å². The fourth-order valence-electron chi connectivity index (χ4n) is 2.93. The van der Waals surface area contributed by atoms with Crippen LogP contribution in [0.15, 0.2) is 47.4 Å². The first-order valence-electron chi connectivity index (χ1n) is 9.37. The third-order valence-corrected chi connectivity index (χ3v) is 6.45. The lowest BCUT2D eigenvalue weighted by Gasteiger charge is -2.28. The summed E-state index contributed by atoms with van der Waals surface area (Å²) >= 11 is 0. The molecule has 0 unspecified atom stereocenters. The molecule has 0 heterocycles. The Morgan fingerprint density at radius 2 is 1.52 bits per heavy atom. The molecule has 0 saturated carbocycles. The molecule has 0 aromatic heterocycles. The van der Waals surface area contributed by atoms with E-state index < -0.39 is 10.0 Å². The van der Waals surface area contributed by atoms with Crippen LogP contribution in [0.5, 0.6) is 11.5 Å². The molecule has 0 aliphatic heterocycles. The summed E-state index contributed by atoms with van der Waals surface area (Å²) in [4.78, 5) is 14.5. The van der Waals surface area contributed by atoms with Gasteiger partial charge in [0.15, 0.2) is 11.5 Å². The lowest BCUT2D eigenvalue weighted by molar-refractivity contribution is -0.129. The highest BCUT2D eigenvalue weighted by Crippen LogP contribution is 2.33. The van der Waals surface area contributed by atoms with Crippen molar-refractivity contribution in [1.29, 1.82) is 0 Å². The van der Waals surface area contributed by atoms with Gasteiger partial charge in [0.2, 0.25) is 5.91 Å². The molecule has 8 heteroatoms. The molecule has 0 fully saturated rings. The molecule has 29 heavy (non-hydrogen) atoms. The molecule has 0 radical (unpaired) electrons. The number of carbonyl (C=O) groups excluding carboxylic acids is 1. The van der Waals surface area contributed by atoms with Crippen LogP contribution in [-0.2, 0) is 14.8 Å². The summed E-state index contributed by atoms with van der Waals surface area (Å²) < 4.78 is 38.5. The second-order valence-corrected chi connectivity index (χ2v) is 8.29. The molecular formula is C21H28N2O5S. The second kappa shape index (κ2) is 9.65. The predicted octanol–water partition coefficient (Wildman–Crippen LogP) is 3.08. The van der Waals surface area contributed by atoms with Gasteiger partial charge in [-0.3, -0.25) is 9.10 Å². The van der Waals surface area contributed by atoms with E-state index in [9.17, 15) is 13.2 Å². The zero-order chi connectivity index (χ0) is 21.6. The summed E-state index contributed by atoms with van der Waals surface area (Å²) in [6.45, 7) is 6.28. The topological polar surface area (TPSA) is 76.2 Å². The van der Waals surface area contributed by atoms with Crippen molar-refractivity contribution in [2.75, 3.05) is 38.2 Å². The molecule has 0 atom stereocenters. The van der Waals surface area contributed by atoms with Crippen LogP contribution in [0.1, 0.15) is 19.4 Å². The number of amides is 1. The first kappa shape index (κ1) is 22.5. The third kappa shape index (κ3) is 5.00. The number of hydrogen-bond acceptors (Lipinski definition) is 5. The van der Waals surface area contributed by atoms with Gasteiger partial charge in [-0.15, -0.1) is 0 Å². The Bertz CT molecular complexity index is 938. The van der Waals surface area contributed by atoms with Crippen molar-refractivity contribution in [3.8, 4) is 11.5 Å². The number of rotatable bonds is 9. The highest BCUT2D eigenvalue weighted by molar-refractivity contribution is 7.92. The predicted molar refractivity (Wildman–Crippen MR) is 113 cm³/mol. The fourth-order valence-corrected chi connectivity index (χ4v) is 4.34. The number of benzene rings is 2. The first-order valence-corrected chi connectivity index (χ1v) is 10.8. The van der Waals surface area contributed by atoms with E-state index in [2.05, 4.69) is 0 Å². The van der Waals surface area contributed by atoms with Gasteiger partial charge in [0.25, 0.3) is 10.0 Å². The molecule has 2 aromatic carbocycles. The normalized spacial score (nSPS) is 11.1. The van der Waals surface area contributed by atoms with Crippen molar-refractivity contribution in [3.05, 3.63) is 48.0 Å². The Balaban J connectivity index is 2.56. The molecule has 0 aliphatic carbocycles. The van der Waals surface area contributed by atoms with Crippen LogP contribution in [0.4, 0.5) is 5.69 Å². The summed E-state index contributed by atoms with van der Waals surface area (Å²) in [6, 6.07) is 11.3. The molecule has 0 saturated heterocycles. The number of methoxy groups -OCH3 is 2. The Kier molecular flexibility index (Phi) is 7.50. The van der Waals surface area contributed by atoms with Crippen LogP contribution in [0.3, 0.4) is 0 Å². The molecule has 0 bridgehead atoms. The molecule has 2 aromatic rings. The lowest BCUT2D eigenvalue weighted by Crippen LogP contribution is -2.43. The van der Waals surface area contributed by atoms with Gasteiger partial charge in [0, 0.05) is 19.2 Å². The van der Waals surface area contributed by atoms with Crippen LogP contribution in [-0.4, -0.2) is 53.1 Å². The Morgan fingerprint density at radius 1 is 0.931 bits per heavy atom. The maximum Gasteiger partial charge on any atom is 0.264 e. The van der Waals surface area contributed by atoms with Crippen LogP contribution in [0, 0.1) is 6.92 Å². The molecule has 158 valence electrons. The van der Waals surface area contributed by atoms with E-state index >= 15 is 0 Å². The van der Waals surface area contributed by atoms with Gasteiger partial charge in [0.1, 0.15) is 6.54 Å². The van der Waals surface area contributed by atoms with Crippen molar-refractivity contribution < 1.29 is 22.7 Å². The zero-order valence-electron chi connectivity index (χ0n) is 17.5. The van der Waals surface area contributed by atoms with E-state index in [0.29, 0.717) is 30.3 Å². The van der Waals surface area contributed by atoms with Gasteiger partial charge in [-0.25, -0.2) is 8.42 Å². The van der Waals surface area contributed by atoms with Gasteiger partial charge in [-0.2, -0.15) is 0 Å². The maximum atomic E-state index is 13.4. The van der Waals surface area contributed by atoms with E-state index in [0.717, 1.165) is 9.87 Å². The fraction of sp³-hybridized carbons (Fsp3) is 0.381. The summed E-state index contributed by atoms with van der Waals surface area (Å²) in [7, 11) is -0.995. The number of aryl methyl sites for hydroxylation is 1. The van der Waals surface area contributed by atoms with Crippen molar-refractivity contribution >= 4 is 21.6 Å². The lowest BCUT2D eigenvalue weighted by atomic mass is 10.2. The highest BCUT2D eigenvalue weighted by Gasteiger charge is 2.29. The molecule has 0 N–H and O–H groups in total. The number of ether oxygens (including phenoxy) is 2. The quantitative estimate of drug-likeness (QED) is 0.623. The Labute approximate surface area is 172 Å². The van der Waals surface area contributed by atoms with Crippen molar-refractivity contribution in [3.63, 3.8) is 0 Å². The number of anilines is 1. The number of nitrogens with zero attached hydrogens (tertiary/aromatic N) is 2. The van der Waals surface area contributed by atoms with Crippen LogP contribution < -0.4 is 13.8 Å². The smallest absolute Gasteiger partial charge is 0.264 e. The molecule has 0 aliphatic rings. The highest BCUT2D eigenvalue weighted by atomic mass is 32.2. The van der Waals surface area contributed by atoms with Gasteiger partial charge in [0.05, 0.1) is 24.8 Å². The van der Waals surface area contributed by atoms with E-state index in [1.54, 1.807) is 47.4 Å². The summed E-state index contributed by atoms with van der Waals surface area (Å²) in [5, 5.41) is 0. The molecular weight excluding hydrogens is 392 g/mol. The zero-order valence-corrected chi connectivity index (χ0v) is 18.3. The van der Waals surface area contributed by atoms with Crippen molar-refractivity contribution in [1.82, 2.24) is 4.90 Å². The summed E-state index contributed by atoms with van der Waals surface area (Å²) in [5.74, 6) is 0.573. The van der Waals surface area contributed by atoms with E-state index in [-0.39, 0.29) is 17.3 Å². The minimum Gasteiger partial charge on any atom is -0.493 e. The van der Waals surface area contributed by atoms with Gasteiger partial charge >= 0.3 is 0 Å². The summed E-state index contributed by atoms with van der Waals surface area (Å²) in [5.41, 5.74) is 1.27. The average Bonchev–Trinajstić information content (AvgIpc) is 2.72. The minimum absolute atomic E-state index is 0.116. The standard InChI is InChI=1S/C21H28N2O5S/c1-6-22(7-2)21(24)15-23(17-10-13-19(27-4)20(14-17)28-5)29(25,26)18-11-8-16(3)9-12-18/h8-14H,6-7,15H2,1-5H3. The van der Waals surface area contributed by atoms with Gasteiger partial charge < -0.3 is 14.4 Å². The van der Waals surface area contributed by atoms with E-state index in [1.165, 1.54) is 14.2 Å². The molecule has 0 spiro atoms. The molecule has 2 rings (SSSR count). The van der Waals surface area contributed by atoms with Crippen LogP contribution in [0.2, 0.25) is 0 Å². The van der Waals surface area contributed by atoms with Gasteiger partial charge in [-0.1, -0.05) is 17.7 Å². The first-order chi connectivity index (χ1) is 13.8.